The molecule has 0 saturated carbocycles. The van der Waals surface area contributed by atoms with Crippen LogP contribution in [0.4, 0.5) is 0 Å². The predicted octanol–water partition coefficient (Wildman–Crippen LogP) is 2.83. The molecule has 0 aliphatic carbocycles. The second-order valence-electron chi connectivity index (χ2n) is 5.89. The van der Waals surface area contributed by atoms with Gasteiger partial charge in [0.2, 0.25) is 0 Å². The van der Waals surface area contributed by atoms with Gasteiger partial charge in [-0.15, -0.1) is 0 Å². The molecule has 1 N–H and O–H groups in total. The molecule has 2 saturated heterocycles. The number of morpholine rings is 1. The normalized spacial score (nSPS) is 24.4. The van der Waals surface area contributed by atoms with Crippen LogP contribution in [0.2, 0.25) is 10.0 Å². The molecule has 6 heteroatoms. The van der Waals surface area contributed by atoms with Gasteiger partial charge in [-0.25, -0.2) is 0 Å². The van der Waals surface area contributed by atoms with Crippen LogP contribution in [-0.2, 0) is 4.74 Å². The molecule has 4 nitrogen and oxygen atoms in total. The molecule has 3 rings (SSSR count). The first-order valence-corrected chi connectivity index (χ1v) is 8.62. The number of hydrogen-bond acceptors (Lipinski definition) is 4. The molecular formula is C16H22Cl2N2O2. The molecule has 0 radical (unpaired) electrons. The summed E-state index contributed by atoms with van der Waals surface area (Å²) in [6.45, 7) is 5.85. The van der Waals surface area contributed by atoms with Crippen LogP contribution >= 0.6 is 23.2 Å². The molecule has 0 amide bonds. The van der Waals surface area contributed by atoms with Crippen LogP contribution in [0.15, 0.2) is 18.2 Å². The molecule has 0 bridgehead atoms. The van der Waals surface area contributed by atoms with E-state index in [1.165, 1.54) is 0 Å². The minimum Gasteiger partial charge on any atom is -0.490 e. The molecule has 2 heterocycles. The van der Waals surface area contributed by atoms with Crippen molar-refractivity contribution in [2.45, 2.75) is 25.0 Å². The van der Waals surface area contributed by atoms with E-state index in [2.05, 4.69) is 10.2 Å². The minimum atomic E-state index is 0.249. The van der Waals surface area contributed by atoms with Crippen molar-refractivity contribution in [2.24, 2.45) is 0 Å². The van der Waals surface area contributed by atoms with Crippen LogP contribution in [0.1, 0.15) is 12.8 Å². The molecule has 122 valence electrons. The summed E-state index contributed by atoms with van der Waals surface area (Å²) in [4.78, 5) is 2.46. The van der Waals surface area contributed by atoms with E-state index in [0.29, 0.717) is 16.1 Å². The fraction of sp³-hybridized carbons (Fsp3) is 0.625. The Hall–Kier alpha value is -0.520. The largest absolute Gasteiger partial charge is 0.490 e. The number of nitrogens with zero attached hydrogens (tertiary/aromatic N) is 1. The lowest BCUT2D eigenvalue weighted by atomic mass is 10.1. The number of likely N-dealkylation sites (tertiary alicyclic amines) is 1. The van der Waals surface area contributed by atoms with Crippen LogP contribution in [0.3, 0.4) is 0 Å². The maximum atomic E-state index is 6.02. The SMILES string of the molecule is Clc1ccc(OC2CCN(C[C@@H]3CNCCO3)CC2)cc1Cl. The second kappa shape index (κ2) is 7.84. The van der Waals surface area contributed by atoms with Gasteiger partial charge in [0.15, 0.2) is 0 Å². The number of nitrogens with one attached hydrogen (secondary N) is 1. The van der Waals surface area contributed by atoms with Gasteiger partial charge in [-0.2, -0.15) is 0 Å². The molecule has 22 heavy (non-hydrogen) atoms. The molecule has 2 fully saturated rings. The summed E-state index contributed by atoms with van der Waals surface area (Å²) in [5.41, 5.74) is 0. The summed E-state index contributed by atoms with van der Waals surface area (Å²) in [6, 6.07) is 5.45. The van der Waals surface area contributed by atoms with E-state index in [4.69, 9.17) is 32.7 Å². The Kier molecular flexibility index (Phi) is 5.83. The minimum absolute atomic E-state index is 0.249. The lowest BCUT2D eigenvalue weighted by Crippen LogP contribution is -2.48. The molecule has 0 unspecified atom stereocenters. The third-order valence-corrected chi connectivity index (χ3v) is 4.93. The van der Waals surface area contributed by atoms with E-state index in [-0.39, 0.29) is 6.10 Å². The highest BCUT2D eigenvalue weighted by atomic mass is 35.5. The van der Waals surface area contributed by atoms with Gasteiger partial charge in [0.1, 0.15) is 11.9 Å². The molecule has 1 atom stereocenters. The zero-order valence-electron chi connectivity index (χ0n) is 12.6. The van der Waals surface area contributed by atoms with Gasteiger partial charge in [0.05, 0.1) is 22.8 Å². The highest BCUT2D eigenvalue weighted by Gasteiger charge is 2.24. The Bertz CT molecular complexity index is 487. The van der Waals surface area contributed by atoms with Gasteiger partial charge in [-0.1, -0.05) is 23.2 Å². The summed E-state index contributed by atoms with van der Waals surface area (Å²) in [6.07, 6.45) is 2.63. The smallest absolute Gasteiger partial charge is 0.121 e. The predicted molar refractivity (Wildman–Crippen MR) is 89.2 cm³/mol. The van der Waals surface area contributed by atoms with E-state index < -0.39 is 0 Å². The van der Waals surface area contributed by atoms with Crippen LogP contribution in [-0.4, -0.2) is 56.4 Å². The zero-order valence-corrected chi connectivity index (χ0v) is 14.1. The van der Waals surface area contributed by atoms with Crippen molar-refractivity contribution in [3.8, 4) is 5.75 Å². The van der Waals surface area contributed by atoms with Crippen LogP contribution in [0, 0.1) is 0 Å². The molecule has 0 aromatic heterocycles. The van der Waals surface area contributed by atoms with Crippen LogP contribution in [0.25, 0.3) is 0 Å². The monoisotopic (exact) mass is 344 g/mol. The van der Waals surface area contributed by atoms with E-state index in [9.17, 15) is 0 Å². The molecule has 1 aromatic carbocycles. The Morgan fingerprint density at radius 1 is 1.23 bits per heavy atom. The number of halogens is 2. The third-order valence-electron chi connectivity index (χ3n) is 4.19. The topological polar surface area (TPSA) is 33.7 Å². The van der Waals surface area contributed by atoms with Crippen molar-refractivity contribution in [2.75, 3.05) is 39.3 Å². The first-order valence-electron chi connectivity index (χ1n) is 7.87. The summed E-state index contributed by atoms with van der Waals surface area (Å²) in [5.74, 6) is 0.799. The van der Waals surface area contributed by atoms with Crippen molar-refractivity contribution in [3.63, 3.8) is 0 Å². The van der Waals surface area contributed by atoms with Gasteiger partial charge in [-0.05, 0) is 25.0 Å². The number of piperidine rings is 1. The summed E-state index contributed by atoms with van der Waals surface area (Å²) in [5, 5.41) is 4.48. The quantitative estimate of drug-likeness (QED) is 0.910. The van der Waals surface area contributed by atoms with Gasteiger partial charge < -0.3 is 19.7 Å². The highest BCUT2D eigenvalue weighted by molar-refractivity contribution is 6.42. The molecule has 2 aliphatic rings. The highest BCUT2D eigenvalue weighted by Crippen LogP contribution is 2.28. The standard InChI is InChI=1S/C16H22Cl2N2O2/c17-15-2-1-13(9-16(15)18)22-12-3-6-20(7-4-12)11-14-10-19-5-8-21-14/h1-2,9,12,14,19H,3-8,10-11H2/t14-/m0/s1. The summed E-state index contributed by atoms with van der Waals surface area (Å²) >= 11 is 11.9. The number of rotatable bonds is 4. The van der Waals surface area contributed by atoms with Crippen molar-refractivity contribution < 1.29 is 9.47 Å². The average molecular weight is 345 g/mol. The Morgan fingerprint density at radius 2 is 2.05 bits per heavy atom. The fourth-order valence-corrected chi connectivity index (χ4v) is 3.27. The molecular weight excluding hydrogens is 323 g/mol. The van der Waals surface area contributed by atoms with Crippen LogP contribution < -0.4 is 10.1 Å². The summed E-state index contributed by atoms with van der Waals surface area (Å²) < 4.78 is 11.8. The Balaban J connectivity index is 1.44. The number of benzene rings is 1. The van der Waals surface area contributed by atoms with E-state index in [1.54, 1.807) is 12.1 Å². The average Bonchev–Trinajstić information content (AvgIpc) is 2.54. The first kappa shape index (κ1) is 16.3. The van der Waals surface area contributed by atoms with E-state index in [0.717, 1.165) is 57.9 Å². The number of ether oxygens (including phenoxy) is 2. The maximum Gasteiger partial charge on any atom is 0.121 e. The lowest BCUT2D eigenvalue weighted by Gasteiger charge is -2.35. The molecule has 0 spiro atoms. The number of hydrogen-bond donors (Lipinski definition) is 1. The van der Waals surface area contributed by atoms with Crippen LogP contribution in [0.5, 0.6) is 5.75 Å². The second-order valence-corrected chi connectivity index (χ2v) is 6.71. The first-order chi connectivity index (χ1) is 10.7. The van der Waals surface area contributed by atoms with Crippen molar-refractivity contribution >= 4 is 23.2 Å². The lowest BCUT2D eigenvalue weighted by molar-refractivity contribution is -0.00562. The van der Waals surface area contributed by atoms with E-state index in [1.807, 2.05) is 6.07 Å². The van der Waals surface area contributed by atoms with Gasteiger partial charge in [0.25, 0.3) is 0 Å². The maximum absolute atomic E-state index is 6.02. The van der Waals surface area contributed by atoms with Crippen molar-refractivity contribution in [1.82, 2.24) is 10.2 Å². The summed E-state index contributed by atoms with van der Waals surface area (Å²) in [7, 11) is 0. The van der Waals surface area contributed by atoms with Gasteiger partial charge in [0, 0.05) is 38.8 Å². The van der Waals surface area contributed by atoms with Crippen molar-refractivity contribution in [3.05, 3.63) is 28.2 Å². The van der Waals surface area contributed by atoms with E-state index >= 15 is 0 Å². The third kappa shape index (κ3) is 4.49. The Morgan fingerprint density at radius 3 is 2.73 bits per heavy atom. The molecule has 2 aliphatic heterocycles. The fourth-order valence-electron chi connectivity index (χ4n) is 2.98. The van der Waals surface area contributed by atoms with Gasteiger partial charge >= 0.3 is 0 Å². The van der Waals surface area contributed by atoms with Crippen molar-refractivity contribution in [1.29, 1.82) is 0 Å². The molecule has 1 aromatic rings. The Labute approximate surface area is 141 Å². The van der Waals surface area contributed by atoms with Gasteiger partial charge in [-0.3, -0.25) is 0 Å². The zero-order chi connectivity index (χ0) is 15.4.